The zero-order valence-corrected chi connectivity index (χ0v) is 15.0. The van der Waals surface area contributed by atoms with Gasteiger partial charge in [-0.05, 0) is 42.2 Å². The molecule has 0 unspecified atom stereocenters. The first-order valence-corrected chi connectivity index (χ1v) is 8.94. The molecule has 2 atom stereocenters. The molecule has 2 heterocycles. The molecular weight excluding hydrogens is 371 g/mol. The summed E-state index contributed by atoms with van der Waals surface area (Å²) in [6, 6.07) is 11.7. The lowest BCUT2D eigenvalue weighted by atomic mass is 9.81. The molecule has 0 spiro atoms. The lowest BCUT2D eigenvalue weighted by Crippen LogP contribution is -2.42. The Balaban J connectivity index is 1.48. The van der Waals surface area contributed by atoms with Gasteiger partial charge in [0.1, 0.15) is 11.6 Å². The number of rotatable bonds is 6. The quantitative estimate of drug-likeness (QED) is 0.553. The van der Waals surface area contributed by atoms with Gasteiger partial charge in [-0.2, -0.15) is 0 Å². The molecule has 2 aliphatic rings. The Kier molecular flexibility index (Phi) is 5.16. The van der Waals surface area contributed by atoms with E-state index in [1.807, 2.05) is 0 Å². The van der Waals surface area contributed by atoms with Gasteiger partial charge in [-0.25, -0.2) is 9.33 Å². The first-order chi connectivity index (χ1) is 13.6. The van der Waals surface area contributed by atoms with Gasteiger partial charge < -0.3 is 14.2 Å². The van der Waals surface area contributed by atoms with Crippen molar-refractivity contribution in [2.45, 2.75) is 12.3 Å². The SMILES string of the molecule is O=[N+]([O-])ON1CC[C@@H](c2ccc(F)cc2)[C@H](COc2ccc3c(c2)OCO3)C1. The number of nitrogens with zero attached hydrogens (tertiary/aromatic N) is 2. The minimum Gasteiger partial charge on any atom is -0.493 e. The van der Waals surface area contributed by atoms with E-state index in [-0.39, 0.29) is 24.4 Å². The Morgan fingerprint density at radius 3 is 2.75 bits per heavy atom. The van der Waals surface area contributed by atoms with Crippen LogP contribution < -0.4 is 14.2 Å². The third-order valence-electron chi connectivity index (χ3n) is 4.99. The number of benzene rings is 2. The van der Waals surface area contributed by atoms with Gasteiger partial charge in [0.25, 0.3) is 0 Å². The van der Waals surface area contributed by atoms with E-state index in [0.29, 0.717) is 43.4 Å². The molecule has 0 radical (unpaired) electrons. The number of fused-ring (bicyclic) bond motifs is 1. The van der Waals surface area contributed by atoms with E-state index in [0.717, 1.165) is 5.56 Å². The number of hydrogen-bond donors (Lipinski definition) is 0. The molecule has 2 aliphatic heterocycles. The van der Waals surface area contributed by atoms with Crippen molar-refractivity contribution in [3.05, 3.63) is 64.0 Å². The number of piperidine rings is 1. The van der Waals surface area contributed by atoms with Crippen LogP contribution in [-0.4, -0.2) is 36.6 Å². The van der Waals surface area contributed by atoms with Crippen LogP contribution in [0.1, 0.15) is 17.9 Å². The molecule has 148 valence electrons. The summed E-state index contributed by atoms with van der Waals surface area (Å²) in [5.41, 5.74) is 0.974. The summed E-state index contributed by atoms with van der Waals surface area (Å²) >= 11 is 0. The van der Waals surface area contributed by atoms with Crippen molar-refractivity contribution in [2.24, 2.45) is 5.92 Å². The van der Waals surface area contributed by atoms with Crippen LogP contribution in [0.2, 0.25) is 0 Å². The van der Waals surface area contributed by atoms with Crippen molar-refractivity contribution < 1.29 is 28.6 Å². The van der Waals surface area contributed by atoms with E-state index in [9.17, 15) is 14.5 Å². The van der Waals surface area contributed by atoms with E-state index in [1.165, 1.54) is 17.2 Å². The summed E-state index contributed by atoms with van der Waals surface area (Å²) in [6.07, 6.45) is 0.634. The lowest BCUT2D eigenvalue weighted by Gasteiger charge is -2.36. The van der Waals surface area contributed by atoms with Gasteiger partial charge in [-0.3, -0.25) is 0 Å². The van der Waals surface area contributed by atoms with Crippen LogP contribution in [0.25, 0.3) is 0 Å². The summed E-state index contributed by atoms with van der Waals surface area (Å²) in [5, 5.41) is 11.2. The highest BCUT2D eigenvalue weighted by atomic mass is 19.1. The second kappa shape index (κ2) is 7.89. The molecule has 0 N–H and O–H groups in total. The van der Waals surface area contributed by atoms with Gasteiger partial charge in [-0.15, -0.1) is 15.2 Å². The van der Waals surface area contributed by atoms with Crippen molar-refractivity contribution >= 4 is 0 Å². The fourth-order valence-corrected chi connectivity index (χ4v) is 3.65. The zero-order valence-electron chi connectivity index (χ0n) is 15.0. The minimum atomic E-state index is -0.812. The predicted octanol–water partition coefficient (Wildman–Crippen LogP) is 3.16. The van der Waals surface area contributed by atoms with Gasteiger partial charge in [-0.1, -0.05) is 12.1 Å². The number of hydrogen-bond acceptors (Lipinski definition) is 7. The smallest absolute Gasteiger partial charge is 0.312 e. The standard InChI is InChI=1S/C19H19FN2O6/c20-15-3-1-13(2-4-15)17-7-8-21(28-22(23)24)10-14(17)11-25-16-5-6-18-19(9-16)27-12-26-18/h1-6,9,14,17H,7-8,10-12H2/t14-,17-/m0/s1. The molecule has 0 aromatic heterocycles. The predicted molar refractivity (Wildman–Crippen MR) is 95.0 cm³/mol. The van der Waals surface area contributed by atoms with Crippen molar-refractivity contribution in [3.63, 3.8) is 0 Å². The highest BCUT2D eigenvalue weighted by Gasteiger charge is 2.32. The molecule has 1 fully saturated rings. The molecule has 0 amide bonds. The van der Waals surface area contributed by atoms with Crippen LogP contribution in [0.4, 0.5) is 4.39 Å². The average Bonchev–Trinajstić information content (AvgIpc) is 3.15. The number of ether oxygens (including phenoxy) is 3. The summed E-state index contributed by atoms with van der Waals surface area (Å²) in [6.45, 7) is 1.23. The van der Waals surface area contributed by atoms with E-state index in [2.05, 4.69) is 4.94 Å². The van der Waals surface area contributed by atoms with E-state index < -0.39 is 5.09 Å². The van der Waals surface area contributed by atoms with Crippen molar-refractivity contribution in [1.29, 1.82) is 0 Å². The molecule has 4 rings (SSSR count). The van der Waals surface area contributed by atoms with Gasteiger partial charge in [0.05, 0.1) is 6.61 Å². The molecule has 9 heteroatoms. The first kappa shape index (κ1) is 18.3. The van der Waals surface area contributed by atoms with E-state index in [1.54, 1.807) is 30.3 Å². The first-order valence-electron chi connectivity index (χ1n) is 8.94. The lowest BCUT2D eigenvalue weighted by molar-refractivity contribution is -0.811. The second-order valence-electron chi connectivity index (χ2n) is 6.73. The minimum absolute atomic E-state index is 0.0706. The van der Waals surface area contributed by atoms with Crippen LogP contribution in [0.3, 0.4) is 0 Å². The van der Waals surface area contributed by atoms with Crippen molar-refractivity contribution in [3.8, 4) is 17.2 Å². The second-order valence-corrected chi connectivity index (χ2v) is 6.73. The monoisotopic (exact) mass is 390 g/mol. The Labute approximate surface area is 160 Å². The molecule has 8 nitrogen and oxygen atoms in total. The van der Waals surface area contributed by atoms with Crippen LogP contribution in [-0.2, 0) is 4.94 Å². The normalized spacial score (nSPS) is 21.3. The fraction of sp³-hybridized carbons (Fsp3) is 0.368. The summed E-state index contributed by atoms with van der Waals surface area (Å²) in [4.78, 5) is 15.3. The molecule has 2 aromatic rings. The molecule has 2 aromatic carbocycles. The van der Waals surface area contributed by atoms with Crippen LogP contribution in [0.15, 0.2) is 42.5 Å². The molecule has 0 saturated carbocycles. The Bertz CT molecular complexity index is 847. The van der Waals surface area contributed by atoms with Gasteiger partial charge >= 0.3 is 5.09 Å². The molecular formula is C19H19FN2O6. The molecule has 0 aliphatic carbocycles. The van der Waals surface area contributed by atoms with Crippen LogP contribution >= 0.6 is 0 Å². The number of hydroxylamine groups is 2. The van der Waals surface area contributed by atoms with Gasteiger partial charge in [0.15, 0.2) is 11.5 Å². The van der Waals surface area contributed by atoms with Crippen molar-refractivity contribution in [1.82, 2.24) is 5.06 Å². The molecule has 1 saturated heterocycles. The summed E-state index contributed by atoms with van der Waals surface area (Å²) in [5.74, 6) is 1.60. The highest BCUT2D eigenvalue weighted by molar-refractivity contribution is 5.46. The van der Waals surface area contributed by atoms with Gasteiger partial charge in [0.2, 0.25) is 6.79 Å². The molecule has 28 heavy (non-hydrogen) atoms. The Hall–Kier alpha value is -3.07. The van der Waals surface area contributed by atoms with E-state index >= 15 is 0 Å². The highest BCUT2D eigenvalue weighted by Crippen LogP contribution is 2.37. The fourth-order valence-electron chi connectivity index (χ4n) is 3.65. The van der Waals surface area contributed by atoms with Crippen LogP contribution in [0, 0.1) is 21.8 Å². The summed E-state index contributed by atoms with van der Waals surface area (Å²) in [7, 11) is 0. The third kappa shape index (κ3) is 4.09. The Morgan fingerprint density at radius 2 is 1.96 bits per heavy atom. The van der Waals surface area contributed by atoms with Crippen molar-refractivity contribution in [2.75, 3.05) is 26.5 Å². The van der Waals surface area contributed by atoms with E-state index in [4.69, 9.17) is 14.2 Å². The number of halogens is 1. The maximum absolute atomic E-state index is 13.3. The largest absolute Gasteiger partial charge is 0.493 e. The topological polar surface area (TPSA) is 83.3 Å². The maximum atomic E-state index is 13.3. The maximum Gasteiger partial charge on any atom is 0.312 e. The Morgan fingerprint density at radius 1 is 1.18 bits per heavy atom. The van der Waals surface area contributed by atoms with Gasteiger partial charge in [0, 0.05) is 25.1 Å². The average molecular weight is 390 g/mol. The summed E-state index contributed by atoms with van der Waals surface area (Å²) < 4.78 is 29.9. The third-order valence-corrected chi connectivity index (χ3v) is 4.99. The van der Waals surface area contributed by atoms with Crippen LogP contribution in [0.5, 0.6) is 17.2 Å². The molecule has 0 bridgehead atoms. The zero-order chi connectivity index (χ0) is 19.5.